The van der Waals surface area contributed by atoms with E-state index in [0.29, 0.717) is 0 Å². The molecule has 0 aliphatic heterocycles. The highest BCUT2D eigenvalue weighted by atomic mass is 16.3. The minimum atomic E-state index is -0.743. The lowest BCUT2D eigenvalue weighted by Crippen LogP contribution is -2.37. The Kier molecular flexibility index (Phi) is 3.10. The van der Waals surface area contributed by atoms with E-state index in [0.717, 1.165) is 19.0 Å². The second kappa shape index (κ2) is 4.54. The molecule has 1 aromatic rings. The summed E-state index contributed by atoms with van der Waals surface area (Å²) in [5.74, 6) is -0.355. The molecule has 0 radical (unpaired) electrons. The fraction of sp³-hybridized carbons (Fsp3) is 0.500. The summed E-state index contributed by atoms with van der Waals surface area (Å²) in [5, 5.41) is 12.0. The maximum absolute atomic E-state index is 11.6. The van der Waals surface area contributed by atoms with E-state index >= 15 is 0 Å². The smallest absolute Gasteiger partial charge is 0.325 e. The number of carbonyl (C=O) groups excluding carboxylic acids is 1. The predicted octanol–water partition coefficient (Wildman–Crippen LogP) is -1.44. The Hall–Kier alpha value is -1.89. The summed E-state index contributed by atoms with van der Waals surface area (Å²) in [6.45, 7) is 0.113. The molecule has 1 saturated carbocycles. The van der Waals surface area contributed by atoms with Crippen LogP contribution in [0, 0.1) is 5.92 Å². The standard InChI is InChI=1S/C10H13N3O4/c14-7(5-1-2-5)4-11-8(15)6-3-12-10(17)13-9(6)16/h3,5,7,14H,1-2,4H2,(H,11,15)(H2,12,13,16,17). The van der Waals surface area contributed by atoms with Crippen molar-refractivity contribution >= 4 is 5.91 Å². The predicted molar refractivity (Wildman–Crippen MR) is 58.7 cm³/mol. The molecule has 2 rings (SSSR count). The molecular weight excluding hydrogens is 226 g/mol. The van der Waals surface area contributed by atoms with Crippen molar-refractivity contribution in [3.05, 3.63) is 32.6 Å². The first-order chi connectivity index (χ1) is 8.08. The molecule has 92 valence electrons. The Bertz CT molecular complexity index is 529. The Morgan fingerprint density at radius 1 is 1.53 bits per heavy atom. The molecule has 4 N–H and O–H groups in total. The van der Waals surface area contributed by atoms with Gasteiger partial charge in [0.25, 0.3) is 11.5 Å². The van der Waals surface area contributed by atoms with Crippen LogP contribution in [0.2, 0.25) is 0 Å². The van der Waals surface area contributed by atoms with Crippen LogP contribution in [0.15, 0.2) is 15.8 Å². The monoisotopic (exact) mass is 239 g/mol. The van der Waals surface area contributed by atoms with Crippen molar-refractivity contribution in [1.29, 1.82) is 0 Å². The zero-order valence-corrected chi connectivity index (χ0v) is 9.03. The molecule has 7 heteroatoms. The third kappa shape index (κ3) is 2.82. The molecule has 1 unspecified atom stereocenters. The van der Waals surface area contributed by atoms with Gasteiger partial charge in [0.05, 0.1) is 6.10 Å². The number of aromatic amines is 2. The molecule has 0 bridgehead atoms. The number of rotatable bonds is 4. The van der Waals surface area contributed by atoms with Crippen LogP contribution in [-0.4, -0.2) is 33.6 Å². The van der Waals surface area contributed by atoms with Crippen molar-refractivity contribution < 1.29 is 9.90 Å². The van der Waals surface area contributed by atoms with E-state index in [1.54, 1.807) is 0 Å². The van der Waals surface area contributed by atoms with Crippen LogP contribution in [0.25, 0.3) is 0 Å². The molecule has 1 aliphatic rings. The van der Waals surface area contributed by atoms with E-state index < -0.39 is 23.3 Å². The summed E-state index contributed by atoms with van der Waals surface area (Å²) >= 11 is 0. The molecule has 1 aromatic heterocycles. The number of aliphatic hydroxyl groups excluding tert-OH is 1. The van der Waals surface area contributed by atoms with E-state index in [1.807, 2.05) is 4.98 Å². The number of hydrogen-bond acceptors (Lipinski definition) is 4. The molecule has 1 aliphatic carbocycles. The van der Waals surface area contributed by atoms with Gasteiger partial charge in [-0.3, -0.25) is 14.6 Å². The van der Waals surface area contributed by atoms with Crippen molar-refractivity contribution in [1.82, 2.24) is 15.3 Å². The summed E-state index contributed by atoms with van der Waals surface area (Å²) in [6.07, 6.45) is 2.42. The van der Waals surface area contributed by atoms with Crippen LogP contribution in [-0.2, 0) is 0 Å². The second-order valence-electron chi connectivity index (χ2n) is 4.10. The van der Waals surface area contributed by atoms with Gasteiger partial charge in [0, 0.05) is 12.7 Å². The van der Waals surface area contributed by atoms with Crippen LogP contribution in [0.5, 0.6) is 0 Å². The molecule has 1 atom stereocenters. The largest absolute Gasteiger partial charge is 0.391 e. The quantitative estimate of drug-likeness (QED) is 0.515. The first-order valence-corrected chi connectivity index (χ1v) is 5.36. The van der Waals surface area contributed by atoms with Crippen molar-refractivity contribution in [2.24, 2.45) is 5.92 Å². The van der Waals surface area contributed by atoms with Crippen molar-refractivity contribution in [2.75, 3.05) is 6.54 Å². The van der Waals surface area contributed by atoms with Crippen LogP contribution in [0.3, 0.4) is 0 Å². The summed E-state index contributed by atoms with van der Waals surface area (Å²) in [6, 6.07) is 0. The minimum absolute atomic E-state index is 0.113. The first-order valence-electron chi connectivity index (χ1n) is 5.36. The van der Waals surface area contributed by atoms with E-state index in [-0.39, 0.29) is 18.0 Å². The molecule has 7 nitrogen and oxygen atoms in total. The molecule has 1 amide bonds. The second-order valence-corrected chi connectivity index (χ2v) is 4.10. The normalized spacial score (nSPS) is 16.5. The zero-order chi connectivity index (χ0) is 12.4. The van der Waals surface area contributed by atoms with E-state index in [2.05, 4.69) is 10.3 Å². The number of carbonyl (C=O) groups is 1. The van der Waals surface area contributed by atoms with Gasteiger partial charge in [-0.1, -0.05) is 0 Å². The third-order valence-corrected chi connectivity index (χ3v) is 2.70. The van der Waals surface area contributed by atoms with Gasteiger partial charge in [-0.25, -0.2) is 4.79 Å². The summed E-state index contributed by atoms with van der Waals surface area (Å²) in [4.78, 5) is 37.7. The minimum Gasteiger partial charge on any atom is -0.391 e. The maximum Gasteiger partial charge on any atom is 0.325 e. The Balaban J connectivity index is 1.99. The first kappa shape index (κ1) is 11.6. The Labute approximate surface area is 95.9 Å². The lowest BCUT2D eigenvalue weighted by atomic mass is 10.2. The molecular formula is C10H13N3O4. The van der Waals surface area contributed by atoms with E-state index in [1.165, 1.54) is 0 Å². The third-order valence-electron chi connectivity index (χ3n) is 2.70. The zero-order valence-electron chi connectivity index (χ0n) is 9.03. The number of H-pyrrole nitrogens is 2. The van der Waals surface area contributed by atoms with Gasteiger partial charge in [-0.2, -0.15) is 0 Å². The fourth-order valence-electron chi connectivity index (χ4n) is 1.52. The van der Waals surface area contributed by atoms with Crippen LogP contribution in [0.4, 0.5) is 0 Å². The van der Waals surface area contributed by atoms with Crippen molar-refractivity contribution in [3.8, 4) is 0 Å². The lowest BCUT2D eigenvalue weighted by molar-refractivity contribution is 0.0899. The summed E-state index contributed by atoms with van der Waals surface area (Å²) in [5.41, 5.74) is -1.58. The molecule has 0 saturated heterocycles. The molecule has 0 spiro atoms. The van der Waals surface area contributed by atoms with E-state index in [4.69, 9.17) is 0 Å². The highest BCUT2D eigenvalue weighted by Gasteiger charge is 2.29. The van der Waals surface area contributed by atoms with E-state index in [9.17, 15) is 19.5 Å². The Morgan fingerprint density at radius 3 is 2.82 bits per heavy atom. The van der Waals surface area contributed by atoms with Gasteiger partial charge < -0.3 is 15.4 Å². The SMILES string of the molecule is O=C(NCC(O)C1CC1)c1c[nH]c(=O)[nH]c1=O. The maximum atomic E-state index is 11.6. The average Bonchev–Trinajstić information content (AvgIpc) is 3.09. The van der Waals surface area contributed by atoms with Crippen LogP contribution < -0.4 is 16.6 Å². The lowest BCUT2D eigenvalue weighted by Gasteiger charge is -2.09. The number of amides is 1. The van der Waals surface area contributed by atoms with Gasteiger partial charge in [-0.05, 0) is 18.8 Å². The number of aromatic nitrogens is 2. The van der Waals surface area contributed by atoms with Gasteiger partial charge in [-0.15, -0.1) is 0 Å². The fourth-order valence-corrected chi connectivity index (χ4v) is 1.52. The number of aliphatic hydroxyl groups is 1. The molecule has 1 heterocycles. The molecule has 1 fully saturated rings. The highest BCUT2D eigenvalue weighted by molar-refractivity contribution is 5.93. The topological polar surface area (TPSA) is 115 Å². The number of nitrogens with one attached hydrogen (secondary N) is 3. The van der Waals surface area contributed by atoms with Crippen LogP contribution in [0.1, 0.15) is 23.2 Å². The van der Waals surface area contributed by atoms with Crippen molar-refractivity contribution in [3.63, 3.8) is 0 Å². The average molecular weight is 239 g/mol. The number of hydrogen-bond donors (Lipinski definition) is 4. The van der Waals surface area contributed by atoms with Gasteiger partial charge in [0.2, 0.25) is 0 Å². The van der Waals surface area contributed by atoms with Crippen LogP contribution >= 0.6 is 0 Å². The van der Waals surface area contributed by atoms with Crippen molar-refractivity contribution in [2.45, 2.75) is 18.9 Å². The molecule has 0 aromatic carbocycles. The highest BCUT2D eigenvalue weighted by Crippen LogP contribution is 2.32. The molecule has 17 heavy (non-hydrogen) atoms. The van der Waals surface area contributed by atoms with Gasteiger partial charge in [0.15, 0.2) is 0 Å². The van der Waals surface area contributed by atoms with Gasteiger partial charge in [0.1, 0.15) is 5.56 Å². The summed E-state index contributed by atoms with van der Waals surface area (Å²) < 4.78 is 0. The van der Waals surface area contributed by atoms with Gasteiger partial charge >= 0.3 is 5.69 Å². The summed E-state index contributed by atoms with van der Waals surface area (Å²) in [7, 11) is 0. The Morgan fingerprint density at radius 2 is 2.24 bits per heavy atom.